The molecule has 0 fully saturated rings. The summed E-state index contributed by atoms with van der Waals surface area (Å²) in [7, 11) is -3.83. The zero-order chi connectivity index (χ0) is 13.3. The van der Waals surface area contributed by atoms with Crippen LogP contribution in [-0.2, 0) is 14.3 Å². The molecule has 0 saturated heterocycles. The molecule has 0 heterocycles. The van der Waals surface area contributed by atoms with Crippen LogP contribution in [0.5, 0.6) is 0 Å². The van der Waals surface area contributed by atoms with Crippen LogP contribution in [0.3, 0.4) is 0 Å². The average molecular weight is 265 g/mol. The summed E-state index contributed by atoms with van der Waals surface area (Å²) in [5.74, 6) is -0.909. The van der Waals surface area contributed by atoms with Crippen molar-refractivity contribution in [3.8, 4) is 0 Å². The van der Waals surface area contributed by atoms with E-state index in [0.29, 0.717) is 16.5 Å². The zero-order valence-corrected chi connectivity index (χ0v) is 10.4. The summed E-state index contributed by atoms with van der Waals surface area (Å²) in [6.07, 6.45) is 0.824. The molecule has 0 aliphatic carbocycles. The third-order valence-corrected chi connectivity index (χ3v) is 2.86. The molecule has 2 aromatic carbocycles. The number of carbonyl (C=O) groups excluding carboxylic acids is 1. The van der Waals surface area contributed by atoms with E-state index in [1.165, 1.54) is 6.07 Å². The van der Waals surface area contributed by atoms with Crippen molar-refractivity contribution in [3.63, 3.8) is 0 Å². The van der Waals surface area contributed by atoms with Crippen molar-refractivity contribution < 1.29 is 17.4 Å². The smallest absolute Gasteiger partial charge is 0.354 e. The van der Waals surface area contributed by atoms with Gasteiger partial charge in [0.1, 0.15) is 0 Å². The Morgan fingerprint density at radius 2 is 1.72 bits per heavy atom. The summed E-state index contributed by atoms with van der Waals surface area (Å²) in [5.41, 5.74) is 6.47. The molecule has 6 heteroatoms. The molecule has 0 unspecified atom stereocenters. The number of fused-ring (bicyclic) bond motifs is 1. The van der Waals surface area contributed by atoms with Gasteiger partial charge in [0.05, 0.1) is 11.8 Å². The number of hydrogen-bond donors (Lipinski definition) is 1. The first-order valence-electron chi connectivity index (χ1n) is 5.09. The number of hydrogen-bond acceptors (Lipinski definition) is 5. The number of nitrogen functional groups attached to an aromatic ring is 1. The number of benzene rings is 2. The van der Waals surface area contributed by atoms with E-state index in [9.17, 15) is 13.2 Å². The van der Waals surface area contributed by atoms with E-state index in [-0.39, 0.29) is 5.56 Å². The number of rotatable bonds is 2. The summed E-state index contributed by atoms with van der Waals surface area (Å²) in [6.45, 7) is 0. The standard InChI is InChI=1S/C12H11NO4S/c1-18(15,16)17-12(14)10-6-7-11(13)9-5-3-2-4-8(9)10/h2-7H,13H2,1H3. The van der Waals surface area contributed by atoms with Crippen LogP contribution in [0.15, 0.2) is 36.4 Å². The predicted molar refractivity (Wildman–Crippen MR) is 68.6 cm³/mol. The molecule has 0 spiro atoms. The summed E-state index contributed by atoms with van der Waals surface area (Å²) < 4.78 is 26.3. The largest absolute Gasteiger partial charge is 0.398 e. The number of carbonyl (C=O) groups is 1. The monoisotopic (exact) mass is 265 g/mol. The fourth-order valence-electron chi connectivity index (χ4n) is 1.68. The molecule has 0 radical (unpaired) electrons. The fraction of sp³-hybridized carbons (Fsp3) is 0.0833. The second-order valence-electron chi connectivity index (χ2n) is 3.82. The van der Waals surface area contributed by atoms with Crippen molar-refractivity contribution >= 4 is 32.5 Å². The highest BCUT2D eigenvalue weighted by atomic mass is 32.2. The van der Waals surface area contributed by atoms with Crippen LogP contribution < -0.4 is 5.73 Å². The summed E-state index contributed by atoms with van der Waals surface area (Å²) in [6, 6.07) is 9.95. The Kier molecular flexibility index (Phi) is 2.96. The molecule has 94 valence electrons. The molecule has 5 nitrogen and oxygen atoms in total. The summed E-state index contributed by atoms with van der Waals surface area (Å²) >= 11 is 0. The Hall–Kier alpha value is -2.08. The van der Waals surface area contributed by atoms with E-state index < -0.39 is 16.1 Å². The van der Waals surface area contributed by atoms with Crippen molar-refractivity contribution in [3.05, 3.63) is 42.0 Å². The SMILES string of the molecule is CS(=O)(=O)OC(=O)c1ccc(N)c2ccccc12. The van der Waals surface area contributed by atoms with Crippen molar-refractivity contribution in [2.24, 2.45) is 0 Å². The Morgan fingerprint density at radius 3 is 2.33 bits per heavy atom. The number of nitrogens with two attached hydrogens (primary N) is 1. The molecule has 18 heavy (non-hydrogen) atoms. The lowest BCUT2D eigenvalue weighted by atomic mass is 10.0. The van der Waals surface area contributed by atoms with Crippen molar-refractivity contribution in [1.82, 2.24) is 0 Å². The number of anilines is 1. The molecule has 0 amide bonds. The summed E-state index contributed by atoms with van der Waals surface area (Å²) in [5, 5.41) is 1.24. The topological polar surface area (TPSA) is 86.5 Å². The minimum atomic E-state index is -3.83. The van der Waals surface area contributed by atoms with Crippen LogP contribution in [0, 0.1) is 0 Å². The molecule has 2 aromatic rings. The quantitative estimate of drug-likeness (QED) is 0.657. The van der Waals surface area contributed by atoms with E-state index >= 15 is 0 Å². The van der Waals surface area contributed by atoms with Gasteiger partial charge in [-0.05, 0) is 17.5 Å². The van der Waals surface area contributed by atoms with Crippen LogP contribution in [0.2, 0.25) is 0 Å². The minimum Gasteiger partial charge on any atom is -0.398 e. The van der Waals surface area contributed by atoms with Crippen molar-refractivity contribution in [2.75, 3.05) is 12.0 Å². The zero-order valence-electron chi connectivity index (χ0n) is 9.58. The third kappa shape index (κ3) is 2.43. The van der Waals surface area contributed by atoms with Crippen LogP contribution in [-0.4, -0.2) is 20.6 Å². The van der Waals surface area contributed by atoms with E-state index in [4.69, 9.17) is 5.73 Å². The molecule has 2 N–H and O–H groups in total. The first kappa shape index (κ1) is 12.4. The van der Waals surface area contributed by atoms with Gasteiger partial charge < -0.3 is 9.92 Å². The molecule has 0 aliphatic rings. The third-order valence-electron chi connectivity index (χ3n) is 2.40. The fourth-order valence-corrected chi connectivity index (χ4v) is 2.05. The van der Waals surface area contributed by atoms with Crippen LogP contribution >= 0.6 is 0 Å². The van der Waals surface area contributed by atoms with E-state index in [1.807, 2.05) is 0 Å². The molecule has 0 atom stereocenters. The lowest BCUT2D eigenvalue weighted by Gasteiger charge is -2.07. The van der Waals surface area contributed by atoms with Gasteiger partial charge in [0.25, 0.3) is 0 Å². The molecule has 0 saturated carbocycles. The second kappa shape index (κ2) is 4.30. The Balaban J connectivity index is 2.59. The summed E-state index contributed by atoms with van der Waals surface area (Å²) in [4.78, 5) is 11.7. The van der Waals surface area contributed by atoms with Gasteiger partial charge in [0.2, 0.25) is 0 Å². The van der Waals surface area contributed by atoms with Gasteiger partial charge >= 0.3 is 16.1 Å². The molecular weight excluding hydrogens is 254 g/mol. The first-order chi connectivity index (χ1) is 8.38. The van der Waals surface area contributed by atoms with Gasteiger partial charge in [-0.3, -0.25) is 0 Å². The maximum atomic E-state index is 11.7. The molecular formula is C12H11NO4S. The molecule has 0 bridgehead atoms. The van der Waals surface area contributed by atoms with Gasteiger partial charge in [-0.2, -0.15) is 8.42 Å². The maximum absolute atomic E-state index is 11.7. The van der Waals surface area contributed by atoms with E-state index in [2.05, 4.69) is 4.18 Å². The van der Waals surface area contributed by atoms with Crippen LogP contribution in [0.4, 0.5) is 5.69 Å². The first-order valence-corrected chi connectivity index (χ1v) is 6.91. The van der Waals surface area contributed by atoms with E-state index in [0.717, 1.165) is 6.26 Å². The van der Waals surface area contributed by atoms with Crippen LogP contribution in [0.25, 0.3) is 10.8 Å². The van der Waals surface area contributed by atoms with Gasteiger partial charge in [0.15, 0.2) is 0 Å². The van der Waals surface area contributed by atoms with Gasteiger partial charge in [-0.15, -0.1) is 0 Å². The predicted octanol–water partition coefficient (Wildman–Crippen LogP) is 1.54. The Morgan fingerprint density at radius 1 is 1.11 bits per heavy atom. The Labute approximate surface area is 104 Å². The molecule has 2 rings (SSSR count). The van der Waals surface area contributed by atoms with Gasteiger partial charge in [0, 0.05) is 11.1 Å². The highest BCUT2D eigenvalue weighted by molar-refractivity contribution is 7.86. The van der Waals surface area contributed by atoms with Crippen molar-refractivity contribution in [2.45, 2.75) is 0 Å². The van der Waals surface area contributed by atoms with Crippen LogP contribution in [0.1, 0.15) is 10.4 Å². The lowest BCUT2D eigenvalue weighted by Crippen LogP contribution is -2.12. The minimum absolute atomic E-state index is 0.172. The van der Waals surface area contributed by atoms with Gasteiger partial charge in [-0.1, -0.05) is 24.3 Å². The molecule has 0 aliphatic heterocycles. The normalized spacial score (nSPS) is 11.4. The van der Waals surface area contributed by atoms with E-state index in [1.54, 1.807) is 30.3 Å². The van der Waals surface area contributed by atoms with Crippen molar-refractivity contribution in [1.29, 1.82) is 0 Å². The highest BCUT2D eigenvalue weighted by Crippen LogP contribution is 2.25. The second-order valence-corrected chi connectivity index (χ2v) is 5.40. The highest BCUT2D eigenvalue weighted by Gasteiger charge is 2.16. The molecule has 0 aromatic heterocycles. The Bertz CT molecular complexity index is 722. The maximum Gasteiger partial charge on any atom is 0.354 e. The average Bonchev–Trinajstić information content (AvgIpc) is 2.27. The van der Waals surface area contributed by atoms with Gasteiger partial charge in [-0.25, -0.2) is 4.79 Å². The lowest BCUT2D eigenvalue weighted by molar-refractivity contribution is 0.0750.